The van der Waals surface area contributed by atoms with Gasteiger partial charge in [0, 0.05) is 22.8 Å². The molecular formula is C10H10F2FeN2O. The number of anilines is 2. The molecule has 1 heterocycles. The Balaban J connectivity index is 0.00000128. The number of benzene rings is 1. The summed E-state index contributed by atoms with van der Waals surface area (Å²) in [5, 5.41) is 0. The summed E-state index contributed by atoms with van der Waals surface area (Å²) in [6, 6.07) is 2.69. The molecule has 88 valence electrons. The summed E-state index contributed by atoms with van der Waals surface area (Å²) < 4.78 is 25.7. The Hall–Kier alpha value is -1.13. The minimum absolute atomic E-state index is 0. The van der Waals surface area contributed by atoms with Crippen LogP contribution in [0.3, 0.4) is 0 Å². The molecule has 16 heavy (non-hydrogen) atoms. The molecule has 0 aromatic heterocycles. The number of carbonyl (C=O) groups is 1. The second kappa shape index (κ2) is 4.80. The van der Waals surface area contributed by atoms with Gasteiger partial charge in [0.1, 0.15) is 12.5 Å². The first kappa shape index (κ1) is 12.9. The van der Waals surface area contributed by atoms with Crippen LogP contribution in [0.15, 0.2) is 12.1 Å². The van der Waals surface area contributed by atoms with Gasteiger partial charge in [-0.25, -0.2) is 8.78 Å². The zero-order valence-corrected chi connectivity index (χ0v) is 9.42. The largest absolute Gasteiger partial charge is 0.399 e. The molecule has 0 radical (unpaired) electrons. The van der Waals surface area contributed by atoms with E-state index < -0.39 is 12.5 Å². The maximum absolute atomic E-state index is 13.5. The first-order valence-corrected chi connectivity index (χ1v) is 4.57. The van der Waals surface area contributed by atoms with E-state index >= 15 is 0 Å². The summed E-state index contributed by atoms with van der Waals surface area (Å²) in [7, 11) is 0. The maximum Gasteiger partial charge on any atom is 0.231 e. The van der Waals surface area contributed by atoms with Crippen LogP contribution in [-0.4, -0.2) is 19.1 Å². The molecule has 0 saturated heterocycles. The second-order valence-corrected chi connectivity index (χ2v) is 3.42. The summed E-state index contributed by atoms with van der Waals surface area (Å²) in [4.78, 5) is 12.6. The molecule has 0 fully saturated rings. The van der Waals surface area contributed by atoms with E-state index in [9.17, 15) is 13.6 Å². The summed E-state index contributed by atoms with van der Waals surface area (Å²) in [5.41, 5.74) is 6.44. The molecule has 2 rings (SSSR count). The number of nitrogen functional groups attached to an aromatic ring is 1. The third-order valence-electron chi connectivity index (χ3n) is 2.39. The molecule has 3 nitrogen and oxygen atoms in total. The first-order chi connectivity index (χ1) is 7.13. The Kier molecular flexibility index (Phi) is 3.88. The molecule has 0 atom stereocenters. The molecule has 0 unspecified atom stereocenters. The van der Waals surface area contributed by atoms with Crippen molar-refractivity contribution in [3.63, 3.8) is 0 Å². The van der Waals surface area contributed by atoms with Gasteiger partial charge < -0.3 is 10.6 Å². The van der Waals surface area contributed by atoms with Crippen LogP contribution in [0.1, 0.15) is 5.56 Å². The Morgan fingerprint density at radius 2 is 2.12 bits per heavy atom. The molecule has 1 aliphatic heterocycles. The van der Waals surface area contributed by atoms with Crippen LogP contribution in [0.5, 0.6) is 0 Å². The maximum atomic E-state index is 13.5. The van der Waals surface area contributed by atoms with Crippen LogP contribution < -0.4 is 10.6 Å². The molecule has 0 bridgehead atoms. The van der Waals surface area contributed by atoms with E-state index in [1.807, 2.05) is 0 Å². The SMILES string of the molecule is Nc1cc(F)c2c(c1)CC(=O)N2CCF.[Fe]. The number of amides is 1. The van der Waals surface area contributed by atoms with Crippen molar-refractivity contribution in [2.24, 2.45) is 0 Å². The van der Waals surface area contributed by atoms with Crippen LogP contribution >= 0.6 is 0 Å². The van der Waals surface area contributed by atoms with Gasteiger partial charge in [0.2, 0.25) is 5.91 Å². The van der Waals surface area contributed by atoms with Crippen molar-refractivity contribution in [3.05, 3.63) is 23.5 Å². The third-order valence-corrected chi connectivity index (χ3v) is 2.39. The smallest absolute Gasteiger partial charge is 0.231 e. The zero-order valence-electron chi connectivity index (χ0n) is 8.32. The number of carbonyl (C=O) groups excluding carboxylic acids is 1. The van der Waals surface area contributed by atoms with E-state index in [2.05, 4.69) is 0 Å². The quantitative estimate of drug-likeness (QED) is 0.648. The summed E-state index contributed by atoms with van der Waals surface area (Å²) in [6.07, 6.45) is 0.0945. The number of hydrogen-bond acceptors (Lipinski definition) is 2. The molecule has 1 amide bonds. The van der Waals surface area contributed by atoms with Crippen LogP contribution in [-0.2, 0) is 28.3 Å². The Morgan fingerprint density at radius 1 is 1.44 bits per heavy atom. The topological polar surface area (TPSA) is 46.3 Å². The molecule has 2 N–H and O–H groups in total. The van der Waals surface area contributed by atoms with Crippen LogP contribution in [0.4, 0.5) is 20.2 Å². The van der Waals surface area contributed by atoms with Crippen molar-refractivity contribution in [2.75, 3.05) is 23.9 Å². The third kappa shape index (κ3) is 2.03. The van der Waals surface area contributed by atoms with E-state index in [1.54, 1.807) is 6.07 Å². The van der Waals surface area contributed by atoms with E-state index in [4.69, 9.17) is 5.73 Å². The fourth-order valence-electron chi connectivity index (χ4n) is 1.82. The van der Waals surface area contributed by atoms with E-state index in [-0.39, 0.29) is 47.3 Å². The van der Waals surface area contributed by atoms with Gasteiger partial charge in [-0.3, -0.25) is 4.79 Å². The van der Waals surface area contributed by atoms with Gasteiger partial charge in [-0.1, -0.05) is 0 Å². The monoisotopic (exact) mass is 268 g/mol. The first-order valence-electron chi connectivity index (χ1n) is 4.57. The van der Waals surface area contributed by atoms with Gasteiger partial charge >= 0.3 is 0 Å². The predicted octanol–water partition coefficient (Wildman–Crippen LogP) is 1.26. The van der Waals surface area contributed by atoms with Gasteiger partial charge in [-0.15, -0.1) is 0 Å². The average molecular weight is 268 g/mol. The number of fused-ring (bicyclic) bond motifs is 1. The molecule has 1 aliphatic rings. The van der Waals surface area contributed by atoms with Crippen LogP contribution in [0, 0.1) is 5.82 Å². The van der Waals surface area contributed by atoms with Crippen molar-refractivity contribution in [2.45, 2.75) is 6.42 Å². The number of hydrogen-bond donors (Lipinski definition) is 1. The van der Waals surface area contributed by atoms with Crippen molar-refractivity contribution in [1.29, 1.82) is 0 Å². The number of halogens is 2. The van der Waals surface area contributed by atoms with Crippen molar-refractivity contribution >= 4 is 17.3 Å². The van der Waals surface area contributed by atoms with Crippen molar-refractivity contribution < 1.29 is 30.6 Å². The van der Waals surface area contributed by atoms with Gasteiger partial charge in [-0.05, 0) is 17.7 Å². The van der Waals surface area contributed by atoms with Crippen molar-refractivity contribution in [3.8, 4) is 0 Å². The van der Waals surface area contributed by atoms with E-state index in [0.717, 1.165) is 11.0 Å². The average Bonchev–Trinajstić information content (AvgIpc) is 2.43. The molecule has 1 aromatic rings. The predicted molar refractivity (Wildman–Crippen MR) is 52.8 cm³/mol. The Bertz CT molecular complexity index is 426. The minimum atomic E-state index is -0.686. The second-order valence-electron chi connectivity index (χ2n) is 3.42. The van der Waals surface area contributed by atoms with E-state index in [1.165, 1.54) is 0 Å². The fourth-order valence-corrected chi connectivity index (χ4v) is 1.82. The molecule has 0 aliphatic carbocycles. The standard InChI is InChI=1S/C10H10F2N2O.Fe/c11-1-2-14-9(15)4-6-3-7(13)5-8(12)10(6)14;/h3,5H,1-2,4,13H2;. The fraction of sp³-hybridized carbons (Fsp3) is 0.300. The van der Waals surface area contributed by atoms with Gasteiger partial charge in [0.05, 0.1) is 18.7 Å². The molecular weight excluding hydrogens is 258 g/mol. The Morgan fingerprint density at radius 3 is 2.75 bits per heavy atom. The van der Waals surface area contributed by atoms with Crippen LogP contribution in [0.25, 0.3) is 0 Å². The van der Waals surface area contributed by atoms with Crippen molar-refractivity contribution in [1.82, 2.24) is 0 Å². The molecule has 6 heteroatoms. The Labute approximate surface area is 102 Å². The minimum Gasteiger partial charge on any atom is -0.399 e. The number of alkyl halides is 1. The van der Waals surface area contributed by atoms with Gasteiger partial charge in [-0.2, -0.15) is 0 Å². The van der Waals surface area contributed by atoms with Crippen LogP contribution in [0.2, 0.25) is 0 Å². The zero-order chi connectivity index (χ0) is 11.0. The molecule has 0 spiro atoms. The van der Waals surface area contributed by atoms with Gasteiger partial charge in [0.15, 0.2) is 0 Å². The van der Waals surface area contributed by atoms with Gasteiger partial charge in [0.25, 0.3) is 0 Å². The normalized spacial score (nSPS) is 13.6. The molecule has 0 saturated carbocycles. The summed E-state index contributed by atoms with van der Waals surface area (Å²) in [6.45, 7) is -0.790. The number of nitrogens with zero attached hydrogens (tertiary/aromatic N) is 1. The van der Waals surface area contributed by atoms with E-state index in [0.29, 0.717) is 5.56 Å². The summed E-state index contributed by atoms with van der Waals surface area (Å²) in [5.74, 6) is -0.851. The summed E-state index contributed by atoms with van der Waals surface area (Å²) >= 11 is 0. The number of rotatable bonds is 2. The molecule has 1 aromatic carbocycles. The number of nitrogens with two attached hydrogens (primary N) is 1.